The summed E-state index contributed by atoms with van der Waals surface area (Å²) in [6.07, 6.45) is 0. The highest BCUT2D eigenvalue weighted by Crippen LogP contribution is 2.27. The predicted molar refractivity (Wildman–Crippen MR) is 111 cm³/mol. The van der Waals surface area contributed by atoms with E-state index in [0.717, 1.165) is 5.56 Å². The van der Waals surface area contributed by atoms with Crippen molar-refractivity contribution in [1.82, 2.24) is 9.55 Å². The number of hydrogen-bond donors (Lipinski definition) is 1. The van der Waals surface area contributed by atoms with Crippen LogP contribution in [0.2, 0.25) is 5.02 Å². The maximum atomic E-state index is 13.3. The van der Waals surface area contributed by atoms with Crippen molar-refractivity contribution in [1.29, 1.82) is 0 Å². The molecule has 0 unspecified atom stereocenters. The van der Waals surface area contributed by atoms with E-state index < -0.39 is 17.4 Å². The Kier molecular flexibility index (Phi) is 5.10. The lowest BCUT2D eigenvalue weighted by molar-refractivity contribution is -0.116. The fourth-order valence-electron chi connectivity index (χ4n) is 3.13. The van der Waals surface area contributed by atoms with E-state index in [9.17, 15) is 14.0 Å². The Morgan fingerprint density at radius 1 is 1.03 bits per heavy atom. The molecule has 0 aliphatic heterocycles. The van der Waals surface area contributed by atoms with Crippen molar-refractivity contribution < 1.29 is 9.18 Å². The summed E-state index contributed by atoms with van der Waals surface area (Å²) in [6.45, 7) is -0.268. The van der Waals surface area contributed by atoms with Gasteiger partial charge in [0.25, 0.3) is 0 Å². The topological polar surface area (TPSA) is 64.0 Å². The number of nitrogens with zero attached hydrogens (tertiary/aromatic N) is 2. The summed E-state index contributed by atoms with van der Waals surface area (Å²) >= 11 is 6.17. The van der Waals surface area contributed by atoms with Gasteiger partial charge in [0.1, 0.15) is 12.4 Å². The number of aromatic nitrogens is 2. The minimum absolute atomic E-state index is 0.268. The normalized spacial score (nSPS) is 10.8. The van der Waals surface area contributed by atoms with Crippen molar-refractivity contribution >= 4 is 34.1 Å². The monoisotopic (exact) mass is 407 g/mol. The predicted octanol–water partition coefficient (Wildman–Crippen LogP) is 4.49. The van der Waals surface area contributed by atoms with Crippen molar-refractivity contribution in [3.05, 3.63) is 94.1 Å². The maximum Gasteiger partial charge on any atom is 0.349 e. The van der Waals surface area contributed by atoms with Gasteiger partial charge < -0.3 is 5.32 Å². The van der Waals surface area contributed by atoms with Gasteiger partial charge in [-0.15, -0.1) is 0 Å². The minimum Gasteiger partial charge on any atom is -0.324 e. The van der Waals surface area contributed by atoms with Crippen molar-refractivity contribution in [2.75, 3.05) is 5.32 Å². The zero-order valence-corrected chi connectivity index (χ0v) is 15.9. The van der Waals surface area contributed by atoms with Crippen LogP contribution in [0.1, 0.15) is 0 Å². The van der Waals surface area contributed by atoms with Crippen molar-refractivity contribution in [2.24, 2.45) is 0 Å². The molecule has 0 saturated heterocycles. The zero-order chi connectivity index (χ0) is 20.4. The molecule has 1 aromatic heterocycles. The lowest BCUT2D eigenvalue weighted by Gasteiger charge is -2.13. The summed E-state index contributed by atoms with van der Waals surface area (Å²) in [5.41, 5.74) is 1.54. The molecule has 0 fully saturated rings. The third-order valence-corrected chi connectivity index (χ3v) is 4.64. The summed E-state index contributed by atoms with van der Waals surface area (Å²) in [5.74, 6) is -0.933. The summed E-state index contributed by atoms with van der Waals surface area (Å²) < 4.78 is 14.6. The lowest BCUT2D eigenvalue weighted by atomic mass is 10.1. The van der Waals surface area contributed by atoms with Crippen molar-refractivity contribution in [3.63, 3.8) is 0 Å². The zero-order valence-electron chi connectivity index (χ0n) is 15.1. The molecule has 0 saturated carbocycles. The Hall–Kier alpha value is -3.51. The molecule has 0 aliphatic rings. The average Bonchev–Trinajstić information content (AvgIpc) is 2.70. The van der Waals surface area contributed by atoms with E-state index in [0.29, 0.717) is 27.3 Å². The van der Waals surface area contributed by atoms with Gasteiger partial charge in [-0.25, -0.2) is 9.18 Å². The molecule has 4 aromatic rings. The highest BCUT2D eigenvalue weighted by Gasteiger charge is 2.15. The molecule has 3 aromatic carbocycles. The van der Waals surface area contributed by atoms with E-state index in [4.69, 9.17) is 11.6 Å². The van der Waals surface area contributed by atoms with E-state index in [2.05, 4.69) is 10.3 Å². The van der Waals surface area contributed by atoms with Crippen LogP contribution >= 0.6 is 11.6 Å². The number of anilines is 1. The summed E-state index contributed by atoms with van der Waals surface area (Å²) in [5, 5.41) is 3.73. The second-order valence-corrected chi connectivity index (χ2v) is 6.85. The number of hydrogen-bond acceptors (Lipinski definition) is 3. The van der Waals surface area contributed by atoms with Crippen molar-refractivity contribution in [2.45, 2.75) is 6.54 Å². The van der Waals surface area contributed by atoms with Gasteiger partial charge in [0.2, 0.25) is 5.91 Å². The molecule has 0 radical (unpaired) electrons. The smallest absolute Gasteiger partial charge is 0.324 e. The average molecular weight is 408 g/mol. The second-order valence-electron chi connectivity index (χ2n) is 6.42. The first kappa shape index (κ1) is 18.8. The van der Waals surface area contributed by atoms with Crippen molar-refractivity contribution in [3.8, 4) is 11.3 Å². The minimum atomic E-state index is -0.562. The Morgan fingerprint density at radius 3 is 2.59 bits per heavy atom. The van der Waals surface area contributed by atoms with Gasteiger partial charge in [-0.05, 0) is 36.4 Å². The van der Waals surface area contributed by atoms with Gasteiger partial charge in [-0.1, -0.05) is 48.0 Å². The van der Waals surface area contributed by atoms with Crippen LogP contribution in [0.3, 0.4) is 0 Å². The Morgan fingerprint density at radius 2 is 1.83 bits per heavy atom. The van der Waals surface area contributed by atoms with E-state index in [1.807, 2.05) is 30.3 Å². The summed E-state index contributed by atoms with van der Waals surface area (Å²) in [4.78, 5) is 29.4. The molecule has 1 amide bonds. The first-order valence-electron chi connectivity index (χ1n) is 8.82. The van der Waals surface area contributed by atoms with Gasteiger partial charge >= 0.3 is 5.69 Å². The first-order chi connectivity index (χ1) is 14.0. The molecule has 144 valence electrons. The quantitative estimate of drug-likeness (QED) is 0.542. The van der Waals surface area contributed by atoms with Crippen LogP contribution in [0.15, 0.2) is 77.6 Å². The van der Waals surface area contributed by atoms with E-state index in [1.54, 1.807) is 24.3 Å². The summed E-state index contributed by atoms with van der Waals surface area (Å²) in [6, 6.07) is 19.9. The standard InChI is InChI=1S/C22H15ClFN3O2/c23-15-9-10-19-18(11-15)21(14-5-2-1-3-6-14)26-22(29)27(19)13-20(28)25-17-8-4-7-16(24)12-17/h1-12H,13H2,(H,25,28). The van der Waals surface area contributed by atoms with E-state index in [-0.39, 0.29) is 6.54 Å². The molecular formula is C22H15ClFN3O2. The number of halogens is 2. The number of carbonyl (C=O) groups excluding carboxylic acids is 1. The van der Waals surface area contributed by atoms with Crippen LogP contribution in [0.5, 0.6) is 0 Å². The molecule has 0 atom stereocenters. The number of fused-ring (bicyclic) bond motifs is 1. The Labute approximate surface area is 170 Å². The largest absolute Gasteiger partial charge is 0.349 e. The number of amides is 1. The van der Waals surface area contributed by atoms with Crippen LogP contribution in [-0.2, 0) is 11.3 Å². The fourth-order valence-corrected chi connectivity index (χ4v) is 3.30. The molecule has 29 heavy (non-hydrogen) atoms. The fraction of sp³-hybridized carbons (Fsp3) is 0.0455. The molecule has 4 rings (SSSR count). The molecule has 1 heterocycles. The number of carbonyl (C=O) groups is 1. The third-order valence-electron chi connectivity index (χ3n) is 4.40. The van der Waals surface area contributed by atoms with Gasteiger partial charge in [0, 0.05) is 21.7 Å². The molecule has 5 nitrogen and oxygen atoms in total. The Bertz CT molecular complexity index is 1270. The van der Waals surface area contributed by atoms with E-state index in [1.165, 1.54) is 22.8 Å². The van der Waals surface area contributed by atoms with Gasteiger partial charge in [0.05, 0.1) is 11.2 Å². The number of nitrogens with one attached hydrogen (secondary N) is 1. The van der Waals surface area contributed by atoms with E-state index >= 15 is 0 Å². The van der Waals surface area contributed by atoms with Crippen LogP contribution in [0.25, 0.3) is 22.2 Å². The first-order valence-corrected chi connectivity index (χ1v) is 9.20. The molecule has 7 heteroatoms. The van der Waals surface area contributed by atoms with Crippen LogP contribution in [0, 0.1) is 5.82 Å². The highest BCUT2D eigenvalue weighted by molar-refractivity contribution is 6.31. The molecule has 0 bridgehead atoms. The Balaban J connectivity index is 1.76. The molecule has 0 spiro atoms. The molecular weight excluding hydrogens is 393 g/mol. The summed E-state index contributed by atoms with van der Waals surface area (Å²) in [7, 11) is 0. The van der Waals surface area contributed by atoms with Crippen LogP contribution in [0.4, 0.5) is 10.1 Å². The third kappa shape index (κ3) is 4.02. The number of rotatable bonds is 4. The maximum absolute atomic E-state index is 13.3. The SMILES string of the molecule is O=C(Cn1c(=O)nc(-c2ccccc2)c2cc(Cl)ccc21)Nc1cccc(F)c1. The molecule has 0 aliphatic carbocycles. The van der Waals surface area contributed by atoms with Crippen LogP contribution < -0.4 is 11.0 Å². The van der Waals surface area contributed by atoms with Crippen LogP contribution in [-0.4, -0.2) is 15.5 Å². The lowest BCUT2D eigenvalue weighted by Crippen LogP contribution is -2.30. The van der Waals surface area contributed by atoms with Gasteiger partial charge in [0.15, 0.2) is 0 Å². The highest BCUT2D eigenvalue weighted by atomic mass is 35.5. The second kappa shape index (κ2) is 7.85. The molecule has 1 N–H and O–H groups in total. The number of benzene rings is 3. The van der Waals surface area contributed by atoms with Gasteiger partial charge in [-0.2, -0.15) is 4.98 Å². The van der Waals surface area contributed by atoms with Gasteiger partial charge in [-0.3, -0.25) is 9.36 Å².